The first kappa shape index (κ1) is 12.5. The van der Waals surface area contributed by atoms with Crippen LogP contribution in [0.5, 0.6) is 11.5 Å². The highest BCUT2D eigenvalue weighted by molar-refractivity contribution is 6.06. The summed E-state index contributed by atoms with van der Waals surface area (Å²) in [6.45, 7) is 1.96. The summed E-state index contributed by atoms with van der Waals surface area (Å²) in [5, 5.41) is 2.28. The van der Waals surface area contributed by atoms with E-state index in [0.717, 1.165) is 16.3 Å². The van der Waals surface area contributed by atoms with Gasteiger partial charge in [0.2, 0.25) is 0 Å². The molecule has 3 aromatic rings. The number of hydrogen-bond acceptors (Lipinski definition) is 4. The maximum absolute atomic E-state index is 12.1. The molecule has 0 amide bonds. The van der Waals surface area contributed by atoms with Gasteiger partial charge in [0, 0.05) is 16.8 Å². The Morgan fingerprint density at radius 1 is 0.950 bits per heavy atom. The highest BCUT2D eigenvalue weighted by Crippen LogP contribution is 2.31. The van der Waals surface area contributed by atoms with Gasteiger partial charge in [0.05, 0.1) is 19.6 Å². The van der Waals surface area contributed by atoms with Crippen LogP contribution in [0.3, 0.4) is 0 Å². The molecule has 4 nitrogen and oxygen atoms in total. The molecule has 0 unspecified atom stereocenters. The van der Waals surface area contributed by atoms with Gasteiger partial charge in [0.15, 0.2) is 0 Å². The van der Waals surface area contributed by atoms with E-state index in [1.54, 1.807) is 32.4 Å². The van der Waals surface area contributed by atoms with Crippen LogP contribution in [0.1, 0.15) is 5.56 Å². The van der Waals surface area contributed by atoms with Gasteiger partial charge in [-0.1, -0.05) is 0 Å². The van der Waals surface area contributed by atoms with Crippen LogP contribution >= 0.6 is 0 Å². The third-order valence-electron chi connectivity index (χ3n) is 3.43. The molecule has 4 heteroatoms. The second-order valence-corrected chi connectivity index (χ2v) is 4.62. The van der Waals surface area contributed by atoms with Crippen LogP contribution in [0.4, 0.5) is 0 Å². The molecule has 0 saturated heterocycles. The summed E-state index contributed by atoms with van der Waals surface area (Å²) in [7, 11) is 3.19. The van der Waals surface area contributed by atoms with Crippen LogP contribution in [-0.2, 0) is 0 Å². The van der Waals surface area contributed by atoms with E-state index in [2.05, 4.69) is 0 Å². The van der Waals surface area contributed by atoms with Gasteiger partial charge in [-0.25, -0.2) is 4.79 Å². The minimum absolute atomic E-state index is 0.359. The standard InChI is InChI=1S/C16H14O4/c1-9-6-11(19-3)8-14-15(9)13-7-10(18-2)4-5-12(13)16(17)20-14/h4-8H,1-3H3. The molecule has 0 atom stereocenters. The lowest BCUT2D eigenvalue weighted by Crippen LogP contribution is -2.01. The summed E-state index contributed by atoms with van der Waals surface area (Å²) in [6.07, 6.45) is 0. The lowest BCUT2D eigenvalue weighted by Gasteiger charge is -2.09. The maximum atomic E-state index is 12.1. The van der Waals surface area contributed by atoms with E-state index in [4.69, 9.17) is 13.9 Å². The molecule has 1 heterocycles. The third kappa shape index (κ3) is 1.81. The van der Waals surface area contributed by atoms with Crippen molar-refractivity contribution in [1.29, 1.82) is 0 Å². The molecule has 0 spiro atoms. The van der Waals surface area contributed by atoms with Gasteiger partial charge >= 0.3 is 5.63 Å². The summed E-state index contributed by atoms with van der Waals surface area (Å²) >= 11 is 0. The summed E-state index contributed by atoms with van der Waals surface area (Å²) in [6, 6.07) is 8.98. The fourth-order valence-electron chi connectivity index (χ4n) is 2.46. The van der Waals surface area contributed by atoms with Gasteiger partial charge in [0.1, 0.15) is 17.1 Å². The van der Waals surface area contributed by atoms with Crippen molar-refractivity contribution >= 4 is 21.7 Å². The van der Waals surface area contributed by atoms with Crippen LogP contribution in [0.25, 0.3) is 21.7 Å². The molecule has 2 aromatic carbocycles. The second-order valence-electron chi connectivity index (χ2n) is 4.62. The van der Waals surface area contributed by atoms with Crippen molar-refractivity contribution in [2.45, 2.75) is 6.92 Å². The van der Waals surface area contributed by atoms with E-state index in [0.29, 0.717) is 22.5 Å². The minimum atomic E-state index is -0.359. The largest absolute Gasteiger partial charge is 0.497 e. The van der Waals surface area contributed by atoms with E-state index in [1.165, 1.54) is 0 Å². The number of ether oxygens (including phenoxy) is 2. The number of hydrogen-bond donors (Lipinski definition) is 0. The van der Waals surface area contributed by atoms with Crippen molar-refractivity contribution in [3.8, 4) is 11.5 Å². The van der Waals surface area contributed by atoms with Crippen LogP contribution in [0, 0.1) is 6.92 Å². The lowest BCUT2D eigenvalue weighted by molar-refractivity contribution is 0.413. The van der Waals surface area contributed by atoms with Crippen LogP contribution in [0.15, 0.2) is 39.5 Å². The summed E-state index contributed by atoms with van der Waals surface area (Å²) < 4.78 is 15.8. The number of aryl methyl sites for hydroxylation is 1. The Morgan fingerprint density at radius 2 is 1.70 bits per heavy atom. The Hall–Kier alpha value is -2.49. The van der Waals surface area contributed by atoms with Crippen molar-refractivity contribution in [2.24, 2.45) is 0 Å². The van der Waals surface area contributed by atoms with Gasteiger partial charge in [0.25, 0.3) is 0 Å². The average molecular weight is 270 g/mol. The first-order valence-electron chi connectivity index (χ1n) is 6.23. The first-order chi connectivity index (χ1) is 9.63. The molecule has 0 fully saturated rings. The van der Waals surface area contributed by atoms with Crippen LogP contribution in [-0.4, -0.2) is 14.2 Å². The minimum Gasteiger partial charge on any atom is -0.497 e. The zero-order valence-corrected chi connectivity index (χ0v) is 11.5. The van der Waals surface area contributed by atoms with E-state index in [-0.39, 0.29) is 5.63 Å². The summed E-state index contributed by atoms with van der Waals surface area (Å²) in [5.41, 5.74) is 1.15. The van der Waals surface area contributed by atoms with Gasteiger partial charge in [-0.2, -0.15) is 0 Å². The maximum Gasteiger partial charge on any atom is 0.344 e. The van der Waals surface area contributed by atoms with Gasteiger partial charge in [-0.15, -0.1) is 0 Å². The fourth-order valence-corrected chi connectivity index (χ4v) is 2.46. The van der Waals surface area contributed by atoms with Crippen molar-refractivity contribution in [3.05, 3.63) is 46.3 Å². The Kier molecular flexibility index (Phi) is 2.86. The molecular weight excluding hydrogens is 256 g/mol. The quantitative estimate of drug-likeness (QED) is 0.529. The topological polar surface area (TPSA) is 48.7 Å². The molecule has 3 rings (SSSR count). The summed E-state index contributed by atoms with van der Waals surface area (Å²) in [4.78, 5) is 12.1. The highest BCUT2D eigenvalue weighted by Gasteiger charge is 2.12. The van der Waals surface area contributed by atoms with Crippen molar-refractivity contribution in [2.75, 3.05) is 14.2 Å². The zero-order valence-electron chi connectivity index (χ0n) is 11.5. The fraction of sp³-hybridized carbons (Fsp3) is 0.188. The van der Waals surface area contributed by atoms with Gasteiger partial charge in [-0.05, 0) is 36.8 Å². The van der Waals surface area contributed by atoms with Crippen molar-refractivity contribution in [3.63, 3.8) is 0 Å². The number of benzene rings is 2. The average Bonchev–Trinajstić information content (AvgIpc) is 2.46. The zero-order chi connectivity index (χ0) is 14.3. The molecule has 102 valence electrons. The van der Waals surface area contributed by atoms with Gasteiger partial charge < -0.3 is 13.9 Å². The monoisotopic (exact) mass is 270 g/mol. The summed E-state index contributed by atoms with van der Waals surface area (Å²) in [5.74, 6) is 1.38. The molecule has 0 aliphatic rings. The number of rotatable bonds is 2. The Labute approximate surface area is 115 Å². The molecule has 0 bridgehead atoms. The molecular formula is C16H14O4. The van der Waals surface area contributed by atoms with Crippen LogP contribution < -0.4 is 15.1 Å². The Morgan fingerprint density at radius 3 is 2.40 bits per heavy atom. The highest BCUT2D eigenvalue weighted by atomic mass is 16.5. The Bertz CT molecular complexity index is 862. The van der Waals surface area contributed by atoms with Crippen LogP contribution in [0.2, 0.25) is 0 Å². The smallest absolute Gasteiger partial charge is 0.344 e. The predicted molar refractivity (Wildman–Crippen MR) is 77.8 cm³/mol. The molecule has 0 aliphatic heterocycles. The molecule has 0 saturated carbocycles. The molecule has 1 aromatic heterocycles. The molecule has 0 radical (unpaired) electrons. The Balaban J connectivity index is 2.53. The van der Waals surface area contributed by atoms with E-state index in [1.807, 2.05) is 19.1 Å². The predicted octanol–water partition coefficient (Wildman–Crippen LogP) is 3.27. The first-order valence-corrected chi connectivity index (χ1v) is 6.23. The van der Waals surface area contributed by atoms with E-state index in [9.17, 15) is 4.79 Å². The second kappa shape index (κ2) is 4.56. The SMILES string of the molecule is COc1cc(C)c2c(c1)oc(=O)c1ccc(OC)cc12. The van der Waals surface area contributed by atoms with E-state index >= 15 is 0 Å². The normalized spacial score (nSPS) is 10.9. The third-order valence-corrected chi connectivity index (χ3v) is 3.43. The molecule has 20 heavy (non-hydrogen) atoms. The van der Waals surface area contributed by atoms with Gasteiger partial charge in [-0.3, -0.25) is 0 Å². The van der Waals surface area contributed by atoms with Crippen molar-refractivity contribution in [1.82, 2.24) is 0 Å². The number of fused-ring (bicyclic) bond motifs is 3. The number of methoxy groups -OCH3 is 2. The molecule has 0 N–H and O–H groups in total. The van der Waals surface area contributed by atoms with E-state index < -0.39 is 0 Å². The van der Waals surface area contributed by atoms with Crippen molar-refractivity contribution < 1.29 is 13.9 Å². The molecule has 0 aliphatic carbocycles. The lowest BCUT2D eigenvalue weighted by atomic mass is 10.0.